The van der Waals surface area contributed by atoms with Crippen LogP contribution in [0.2, 0.25) is 0 Å². The molecule has 0 radical (unpaired) electrons. The molecule has 4 nitrogen and oxygen atoms in total. The minimum absolute atomic E-state index is 0. The third kappa shape index (κ3) is 6.58. The number of aliphatic imine (C=N–C) groups is 1. The van der Waals surface area contributed by atoms with Gasteiger partial charge in [0.15, 0.2) is 0 Å². The summed E-state index contributed by atoms with van der Waals surface area (Å²) >= 11 is 0. The van der Waals surface area contributed by atoms with Gasteiger partial charge in [-0.1, -0.05) is 6.07 Å². The molecule has 94 valence electrons. The van der Waals surface area contributed by atoms with Crippen molar-refractivity contribution in [1.29, 1.82) is 0 Å². The Morgan fingerprint density at radius 1 is 1.47 bits per heavy atom. The standard InChI is InChI=1S/C12H18N4.ClH/c1-13-8-11(10-16(2)3)9-15-12-6-4-5-7-14-12;/h4-8,10H,9H2,1-3H3,(H,14,15);1H/b11-10+,13-8?;. The van der Waals surface area contributed by atoms with Crippen molar-refractivity contribution >= 4 is 24.4 Å². The average molecular weight is 255 g/mol. The largest absolute Gasteiger partial charge is 0.383 e. The van der Waals surface area contributed by atoms with E-state index in [4.69, 9.17) is 0 Å². The average Bonchev–Trinajstić information content (AvgIpc) is 2.27. The lowest BCUT2D eigenvalue weighted by molar-refractivity contribution is 0.560. The van der Waals surface area contributed by atoms with Crippen LogP contribution in [0.1, 0.15) is 0 Å². The smallest absolute Gasteiger partial charge is 0.126 e. The summed E-state index contributed by atoms with van der Waals surface area (Å²) in [7, 11) is 5.75. The summed E-state index contributed by atoms with van der Waals surface area (Å²) in [5.41, 5.74) is 1.11. The van der Waals surface area contributed by atoms with Gasteiger partial charge >= 0.3 is 0 Å². The Morgan fingerprint density at radius 2 is 2.24 bits per heavy atom. The van der Waals surface area contributed by atoms with Crippen molar-refractivity contribution in [2.75, 3.05) is 33.0 Å². The first-order valence-electron chi connectivity index (χ1n) is 5.16. The predicted octanol–water partition coefficient (Wildman–Crippen LogP) is 2.06. The summed E-state index contributed by atoms with van der Waals surface area (Å²) in [6.45, 7) is 0.715. The Bertz CT molecular complexity index is 360. The van der Waals surface area contributed by atoms with E-state index in [-0.39, 0.29) is 12.4 Å². The van der Waals surface area contributed by atoms with E-state index in [9.17, 15) is 0 Å². The van der Waals surface area contributed by atoms with Gasteiger partial charge in [-0.15, -0.1) is 12.4 Å². The van der Waals surface area contributed by atoms with Crippen molar-refractivity contribution < 1.29 is 0 Å². The molecule has 0 amide bonds. The van der Waals surface area contributed by atoms with E-state index in [1.54, 1.807) is 13.2 Å². The molecule has 0 saturated heterocycles. The predicted molar refractivity (Wildman–Crippen MR) is 76.2 cm³/mol. The summed E-state index contributed by atoms with van der Waals surface area (Å²) in [5.74, 6) is 0.872. The number of aromatic nitrogens is 1. The fraction of sp³-hybridized carbons (Fsp3) is 0.333. The number of rotatable bonds is 5. The molecule has 1 N–H and O–H groups in total. The van der Waals surface area contributed by atoms with E-state index >= 15 is 0 Å². The molecule has 1 heterocycles. The number of pyridine rings is 1. The normalized spacial score (nSPS) is 11.1. The number of nitrogens with zero attached hydrogens (tertiary/aromatic N) is 3. The zero-order chi connectivity index (χ0) is 11.8. The van der Waals surface area contributed by atoms with Crippen LogP contribution < -0.4 is 5.32 Å². The third-order valence-corrected chi connectivity index (χ3v) is 1.86. The van der Waals surface area contributed by atoms with Gasteiger partial charge < -0.3 is 10.2 Å². The van der Waals surface area contributed by atoms with Gasteiger partial charge in [-0.25, -0.2) is 4.98 Å². The molecular formula is C12H19ClN4. The highest BCUT2D eigenvalue weighted by molar-refractivity contribution is 5.85. The molecule has 0 bridgehead atoms. The van der Waals surface area contributed by atoms with Crippen LogP contribution in [0.3, 0.4) is 0 Å². The van der Waals surface area contributed by atoms with Crippen molar-refractivity contribution in [2.24, 2.45) is 4.99 Å². The van der Waals surface area contributed by atoms with Crippen molar-refractivity contribution in [3.63, 3.8) is 0 Å². The van der Waals surface area contributed by atoms with Crippen LogP contribution >= 0.6 is 12.4 Å². The Hall–Kier alpha value is -1.55. The highest BCUT2D eigenvalue weighted by Crippen LogP contribution is 2.01. The number of nitrogens with one attached hydrogen (secondary N) is 1. The van der Waals surface area contributed by atoms with E-state index in [0.29, 0.717) is 6.54 Å². The molecule has 1 aromatic rings. The fourth-order valence-electron chi connectivity index (χ4n) is 1.28. The highest BCUT2D eigenvalue weighted by Gasteiger charge is 1.95. The molecular weight excluding hydrogens is 236 g/mol. The second kappa shape index (κ2) is 8.58. The van der Waals surface area contributed by atoms with Gasteiger partial charge in [0.2, 0.25) is 0 Å². The van der Waals surface area contributed by atoms with Crippen molar-refractivity contribution in [3.05, 3.63) is 36.2 Å². The third-order valence-electron chi connectivity index (χ3n) is 1.86. The maximum atomic E-state index is 4.19. The Morgan fingerprint density at radius 3 is 2.76 bits per heavy atom. The second-order valence-corrected chi connectivity index (χ2v) is 3.62. The Balaban J connectivity index is 0.00000256. The molecule has 0 aliphatic heterocycles. The molecule has 0 saturated carbocycles. The van der Waals surface area contributed by atoms with Gasteiger partial charge in [-0.05, 0) is 12.1 Å². The topological polar surface area (TPSA) is 40.5 Å². The van der Waals surface area contributed by atoms with Gasteiger partial charge in [-0.3, -0.25) is 4.99 Å². The van der Waals surface area contributed by atoms with Crippen LogP contribution in [-0.2, 0) is 0 Å². The molecule has 0 spiro atoms. The summed E-state index contributed by atoms with van der Waals surface area (Å²) in [6.07, 6.45) is 5.64. The maximum absolute atomic E-state index is 4.19. The van der Waals surface area contributed by atoms with E-state index in [0.717, 1.165) is 11.4 Å². The first-order chi connectivity index (χ1) is 7.72. The van der Waals surface area contributed by atoms with Crippen molar-refractivity contribution in [1.82, 2.24) is 9.88 Å². The molecule has 1 rings (SSSR count). The molecule has 0 aliphatic carbocycles. The van der Waals surface area contributed by atoms with E-state index in [1.807, 2.05) is 49.6 Å². The van der Waals surface area contributed by atoms with Crippen molar-refractivity contribution in [2.45, 2.75) is 0 Å². The van der Waals surface area contributed by atoms with Crippen LogP contribution in [0.4, 0.5) is 5.82 Å². The molecule has 17 heavy (non-hydrogen) atoms. The molecule has 0 aliphatic rings. The number of halogens is 1. The lowest BCUT2D eigenvalue weighted by Crippen LogP contribution is -2.11. The van der Waals surface area contributed by atoms with E-state index in [1.165, 1.54) is 0 Å². The van der Waals surface area contributed by atoms with Gasteiger partial charge in [0, 0.05) is 51.9 Å². The van der Waals surface area contributed by atoms with Crippen LogP contribution in [-0.4, -0.2) is 43.8 Å². The second-order valence-electron chi connectivity index (χ2n) is 3.62. The van der Waals surface area contributed by atoms with E-state index in [2.05, 4.69) is 15.3 Å². The number of hydrogen-bond donors (Lipinski definition) is 1. The minimum atomic E-state index is 0. The molecule has 5 heteroatoms. The Kier molecular flexibility index (Phi) is 7.80. The zero-order valence-electron chi connectivity index (χ0n) is 10.4. The van der Waals surface area contributed by atoms with Crippen molar-refractivity contribution in [3.8, 4) is 0 Å². The highest BCUT2D eigenvalue weighted by atomic mass is 35.5. The van der Waals surface area contributed by atoms with Gasteiger partial charge in [0.05, 0.1) is 0 Å². The lowest BCUT2D eigenvalue weighted by atomic mass is 10.3. The SMILES string of the molecule is CN=C/C(=C\N(C)C)CNc1ccccn1.Cl. The molecule has 0 fully saturated rings. The number of anilines is 1. The zero-order valence-corrected chi connectivity index (χ0v) is 11.2. The summed E-state index contributed by atoms with van der Waals surface area (Å²) < 4.78 is 0. The number of hydrogen-bond acceptors (Lipinski definition) is 4. The van der Waals surface area contributed by atoms with Crippen LogP contribution in [0.25, 0.3) is 0 Å². The van der Waals surface area contributed by atoms with Gasteiger partial charge in [0.1, 0.15) is 5.82 Å². The summed E-state index contributed by atoms with van der Waals surface area (Å²) in [6, 6.07) is 5.80. The fourth-order valence-corrected chi connectivity index (χ4v) is 1.28. The molecule has 0 unspecified atom stereocenters. The lowest BCUT2D eigenvalue weighted by Gasteiger charge is -2.10. The van der Waals surface area contributed by atoms with Gasteiger partial charge in [-0.2, -0.15) is 0 Å². The van der Waals surface area contributed by atoms with Crippen LogP contribution in [0.15, 0.2) is 41.2 Å². The monoisotopic (exact) mass is 254 g/mol. The molecule has 1 aromatic heterocycles. The molecule has 0 atom stereocenters. The van der Waals surface area contributed by atoms with Gasteiger partial charge in [0.25, 0.3) is 0 Å². The quantitative estimate of drug-likeness (QED) is 0.818. The maximum Gasteiger partial charge on any atom is 0.126 e. The first-order valence-corrected chi connectivity index (χ1v) is 5.16. The minimum Gasteiger partial charge on any atom is -0.383 e. The van der Waals surface area contributed by atoms with Crippen LogP contribution in [0, 0.1) is 0 Å². The summed E-state index contributed by atoms with van der Waals surface area (Å²) in [4.78, 5) is 10.2. The van der Waals surface area contributed by atoms with Crippen LogP contribution in [0.5, 0.6) is 0 Å². The van der Waals surface area contributed by atoms with E-state index < -0.39 is 0 Å². The Labute approximate surface area is 109 Å². The molecule has 0 aromatic carbocycles. The summed E-state index contributed by atoms with van der Waals surface area (Å²) in [5, 5.41) is 3.24. The first kappa shape index (κ1) is 15.5.